The Hall–Kier alpha value is -2.64. The van der Waals surface area contributed by atoms with Gasteiger partial charge in [-0.3, -0.25) is 14.6 Å². The lowest BCUT2D eigenvalue weighted by molar-refractivity contribution is 0.0956. The van der Waals surface area contributed by atoms with Crippen LogP contribution in [0.5, 0.6) is 0 Å². The molecule has 0 aromatic heterocycles. The summed E-state index contributed by atoms with van der Waals surface area (Å²) >= 11 is 0. The van der Waals surface area contributed by atoms with Crippen LogP contribution in [-0.2, 0) is 6.54 Å². The van der Waals surface area contributed by atoms with Crippen molar-refractivity contribution in [1.82, 2.24) is 15.1 Å². The van der Waals surface area contributed by atoms with Crippen molar-refractivity contribution in [3.05, 3.63) is 59.4 Å². The Kier molecular flexibility index (Phi) is 5.08. The number of hydrogen-bond donors (Lipinski definition) is 2. The second kappa shape index (κ2) is 7.89. The van der Waals surface area contributed by atoms with E-state index in [0.717, 1.165) is 43.9 Å². The van der Waals surface area contributed by atoms with Gasteiger partial charge in [-0.05, 0) is 37.6 Å². The number of nitrogens with zero attached hydrogens (tertiary/aromatic N) is 3. The third-order valence-corrected chi connectivity index (χ3v) is 6.57. The Morgan fingerprint density at radius 3 is 2.67 bits per heavy atom. The fourth-order valence-electron chi connectivity index (χ4n) is 5.01. The smallest absolute Gasteiger partial charge is 0.253 e. The van der Waals surface area contributed by atoms with Gasteiger partial charge in [-0.2, -0.15) is 0 Å². The first-order valence-corrected chi connectivity index (χ1v) is 10.7. The second-order valence-electron chi connectivity index (χ2n) is 8.48. The fraction of sp³-hybridized carbons (Fsp3) is 0.435. The summed E-state index contributed by atoms with van der Waals surface area (Å²) in [6, 6.07) is 14.0. The Morgan fingerprint density at radius 2 is 1.90 bits per heavy atom. The molecule has 3 aliphatic heterocycles. The molecule has 158 valence electrons. The van der Waals surface area contributed by atoms with Gasteiger partial charge in [0.2, 0.25) is 0 Å². The van der Waals surface area contributed by atoms with Gasteiger partial charge >= 0.3 is 0 Å². The highest BCUT2D eigenvalue weighted by molar-refractivity contribution is 6.04. The molecule has 0 spiro atoms. The van der Waals surface area contributed by atoms with E-state index in [-0.39, 0.29) is 18.0 Å². The van der Waals surface area contributed by atoms with Crippen LogP contribution in [0, 0.1) is 5.82 Å². The van der Waals surface area contributed by atoms with E-state index < -0.39 is 0 Å². The number of piperidine rings is 1. The van der Waals surface area contributed by atoms with E-state index in [1.165, 1.54) is 17.7 Å². The quantitative estimate of drug-likeness (QED) is 0.813. The highest BCUT2D eigenvalue weighted by Crippen LogP contribution is 2.40. The van der Waals surface area contributed by atoms with E-state index in [9.17, 15) is 9.18 Å². The molecule has 7 heteroatoms. The molecule has 5 rings (SSSR count). The first-order valence-electron chi connectivity index (χ1n) is 10.7. The minimum Gasteiger partial charge on any atom is -0.351 e. The molecule has 0 bridgehead atoms. The fourth-order valence-corrected chi connectivity index (χ4v) is 5.01. The maximum atomic E-state index is 14.1. The van der Waals surface area contributed by atoms with Crippen LogP contribution < -0.4 is 15.5 Å². The zero-order valence-electron chi connectivity index (χ0n) is 17.3. The summed E-state index contributed by atoms with van der Waals surface area (Å²) < 4.78 is 14.1. The van der Waals surface area contributed by atoms with Crippen LogP contribution in [0.4, 0.5) is 15.8 Å². The summed E-state index contributed by atoms with van der Waals surface area (Å²) in [4.78, 5) is 19.5. The molecule has 0 radical (unpaired) electrons. The minimum atomic E-state index is -0.379. The van der Waals surface area contributed by atoms with Crippen molar-refractivity contribution in [3.8, 4) is 0 Å². The van der Waals surface area contributed by atoms with Gasteiger partial charge in [-0.25, -0.2) is 4.39 Å². The normalized spacial score (nSPS) is 21.9. The molecule has 1 atom stereocenters. The lowest BCUT2D eigenvalue weighted by Gasteiger charge is -2.42. The van der Waals surface area contributed by atoms with Gasteiger partial charge in [-0.15, -0.1) is 0 Å². The average molecular weight is 410 g/mol. The summed E-state index contributed by atoms with van der Waals surface area (Å²) in [7, 11) is 2.21. The van der Waals surface area contributed by atoms with E-state index >= 15 is 0 Å². The number of anilines is 2. The molecule has 2 aromatic rings. The van der Waals surface area contributed by atoms with Crippen LogP contribution in [0.3, 0.4) is 0 Å². The summed E-state index contributed by atoms with van der Waals surface area (Å²) in [5, 5.41) is 6.37. The van der Waals surface area contributed by atoms with Crippen LogP contribution in [0.1, 0.15) is 28.8 Å². The molecular formula is C23H28FN5O. The van der Waals surface area contributed by atoms with Gasteiger partial charge in [0.1, 0.15) is 5.82 Å². The lowest BCUT2D eigenvalue weighted by atomic mass is 10.0. The molecule has 1 fully saturated rings. The topological polar surface area (TPSA) is 50.9 Å². The maximum absolute atomic E-state index is 14.1. The summed E-state index contributed by atoms with van der Waals surface area (Å²) in [6.07, 6.45) is 2.14. The van der Waals surface area contributed by atoms with Gasteiger partial charge in [-0.1, -0.05) is 30.3 Å². The monoisotopic (exact) mass is 409 g/mol. The highest BCUT2D eigenvalue weighted by Gasteiger charge is 2.39. The zero-order valence-corrected chi connectivity index (χ0v) is 17.3. The van der Waals surface area contributed by atoms with E-state index in [2.05, 4.69) is 62.7 Å². The van der Waals surface area contributed by atoms with E-state index in [0.29, 0.717) is 24.7 Å². The molecule has 3 aliphatic rings. The standard InChI is InChI=1S/C23H28FN5O/c1-27(15-16-5-3-2-4-6-16)18-7-10-28(11-8-18)23-26-20-14-17(24)13-19-21(20)29(23)12-9-25-22(19)30/h2-6,13-14,18,23,26H,7-12,15H2,1H3,(H,25,30). The first kappa shape index (κ1) is 19.3. The third kappa shape index (κ3) is 3.52. The average Bonchev–Trinajstić information content (AvgIpc) is 3.03. The summed E-state index contributed by atoms with van der Waals surface area (Å²) in [5.74, 6) is -0.577. The van der Waals surface area contributed by atoms with Gasteiger partial charge < -0.3 is 15.5 Å². The van der Waals surface area contributed by atoms with Crippen molar-refractivity contribution in [1.29, 1.82) is 0 Å². The highest BCUT2D eigenvalue weighted by atomic mass is 19.1. The van der Waals surface area contributed by atoms with Crippen LogP contribution in [0.2, 0.25) is 0 Å². The van der Waals surface area contributed by atoms with Crippen molar-refractivity contribution in [2.45, 2.75) is 31.7 Å². The number of likely N-dealkylation sites (tertiary alicyclic amines) is 1. The molecule has 2 aromatic carbocycles. The van der Waals surface area contributed by atoms with Gasteiger partial charge in [0, 0.05) is 38.8 Å². The Balaban J connectivity index is 1.27. The predicted octanol–water partition coefficient (Wildman–Crippen LogP) is 2.68. The Morgan fingerprint density at radius 1 is 1.13 bits per heavy atom. The molecule has 1 unspecified atom stereocenters. The summed E-state index contributed by atoms with van der Waals surface area (Å²) in [5.41, 5.74) is 3.32. The molecule has 2 N–H and O–H groups in total. The van der Waals surface area contributed by atoms with Crippen LogP contribution >= 0.6 is 0 Å². The molecule has 6 nitrogen and oxygen atoms in total. The van der Waals surface area contributed by atoms with Gasteiger partial charge in [0.15, 0.2) is 6.29 Å². The van der Waals surface area contributed by atoms with Crippen molar-refractivity contribution in [2.75, 3.05) is 43.4 Å². The van der Waals surface area contributed by atoms with Crippen LogP contribution in [-0.4, -0.2) is 61.3 Å². The minimum absolute atomic E-state index is 0.0337. The van der Waals surface area contributed by atoms with E-state index in [1.54, 1.807) is 0 Å². The Labute approximate surface area is 176 Å². The van der Waals surface area contributed by atoms with Crippen molar-refractivity contribution in [3.63, 3.8) is 0 Å². The first-order chi connectivity index (χ1) is 14.6. The summed E-state index contributed by atoms with van der Waals surface area (Å²) in [6.45, 7) is 4.16. The van der Waals surface area contributed by atoms with E-state index in [4.69, 9.17) is 0 Å². The molecule has 1 saturated heterocycles. The number of carbonyl (C=O) groups excluding carboxylic acids is 1. The second-order valence-corrected chi connectivity index (χ2v) is 8.48. The van der Waals surface area contributed by atoms with Gasteiger partial charge in [0.05, 0.1) is 16.9 Å². The molecule has 3 heterocycles. The number of benzene rings is 2. The Bertz CT molecular complexity index is 929. The SMILES string of the molecule is CN(Cc1ccccc1)C1CCN(C2Nc3cc(F)cc4c3N2CCNC4=O)CC1. The number of rotatable bonds is 4. The molecule has 0 aliphatic carbocycles. The molecule has 1 amide bonds. The number of halogens is 1. The lowest BCUT2D eigenvalue weighted by Crippen LogP contribution is -2.55. The number of hydrogen-bond acceptors (Lipinski definition) is 5. The van der Waals surface area contributed by atoms with Crippen LogP contribution in [0.25, 0.3) is 0 Å². The largest absolute Gasteiger partial charge is 0.351 e. The van der Waals surface area contributed by atoms with Crippen molar-refractivity contribution < 1.29 is 9.18 Å². The molecular weight excluding hydrogens is 381 g/mol. The van der Waals surface area contributed by atoms with Crippen LogP contribution in [0.15, 0.2) is 42.5 Å². The third-order valence-electron chi connectivity index (χ3n) is 6.57. The maximum Gasteiger partial charge on any atom is 0.253 e. The van der Waals surface area contributed by atoms with Crippen molar-refractivity contribution in [2.24, 2.45) is 0 Å². The number of carbonyl (C=O) groups is 1. The number of nitrogens with one attached hydrogen (secondary N) is 2. The van der Waals surface area contributed by atoms with Crippen molar-refractivity contribution >= 4 is 17.3 Å². The molecule has 30 heavy (non-hydrogen) atoms. The van der Waals surface area contributed by atoms with Gasteiger partial charge in [0.25, 0.3) is 5.91 Å². The number of amides is 1. The predicted molar refractivity (Wildman–Crippen MR) is 116 cm³/mol. The van der Waals surface area contributed by atoms with E-state index in [1.807, 2.05) is 0 Å². The zero-order chi connectivity index (χ0) is 20.7. The molecule has 0 saturated carbocycles.